The molecule has 0 radical (unpaired) electrons. The van der Waals surface area contributed by atoms with Crippen molar-refractivity contribution in [1.29, 1.82) is 0 Å². The molecule has 5 nitrogen and oxygen atoms in total. The van der Waals surface area contributed by atoms with Crippen molar-refractivity contribution < 1.29 is 9.53 Å². The van der Waals surface area contributed by atoms with Gasteiger partial charge in [0.2, 0.25) is 0 Å². The van der Waals surface area contributed by atoms with Crippen LogP contribution in [0.25, 0.3) is 0 Å². The zero-order valence-electron chi connectivity index (χ0n) is 20.2. The summed E-state index contributed by atoms with van der Waals surface area (Å²) in [5.41, 5.74) is 3.52. The fraction of sp³-hybridized carbons (Fsp3) is 0.429. The summed E-state index contributed by atoms with van der Waals surface area (Å²) in [4.78, 5) is 23.1. The molecule has 1 aromatic carbocycles. The SMILES string of the molecule is COCCN(Cc1ccccn1)[C@@H](Cc1ccccc1)C1CCN(C(=O)c2sccc2C)CC1. The standard InChI is InChI=1S/C28H35N3O2S/c1-22-13-19-34-27(22)28(32)30-15-11-24(12-16-30)26(20-23-8-4-3-5-9-23)31(17-18-33-2)21-25-10-6-7-14-29-25/h3-10,13-14,19,24,26H,11-12,15-18,20-21H2,1-2H3/t26-/m0/s1. The average molecular weight is 478 g/mol. The van der Waals surface area contributed by atoms with E-state index in [-0.39, 0.29) is 5.91 Å². The van der Waals surface area contributed by atoms with Crippen LogP contribution in [0.4, 0.5) is 0 Å². The van der Waals surface area contributed by atoms with Crippen molar-refractivity contribution in [3.05, 3.63) is 87.9 Å². The van der Waals surface area contributed by atoms with Crippen LogP contribution in [-0.2, 0) is 17.7 Å². The van der Waals surface area contributed by atoms with Gasteiger partial charge >= 0.3 is 0 Å². The van der Waals surface area contributed by atoms with E-state index >= 15 is 0 Å². The molecule has 1 aliphatic rings. The number of aromatic nitrogens is 1. The highest BCUT2D eigenvalue weighted by molar-refractivity contribution is 7.12. The van der Waals surface area contributed by atoms with Gasteiger partial charge in [0.1, 0.15) is 0 Å². The zero-order valence-corrected chi connectivity index (χ0v) is 21.0. The number of benzene rings is 1. The summed E-state index contributed by atoms with van der Waals surface area (Å²) in [6, 6.07) is 19.3. The van der Waals surface area contributed by atoms with Gasteiger partial charge in [-0.3, -0.25) is 14.7 Å². The first kappa shape index (κ1) is 24.6. The number of piperidine rings is 1. The Morgan fingerprint density at radius 2 is 1.91 bits per heavy atom. The van der Waals surface area contributed by atoms with Crippen molar-refractivity contribution in [2.24, 2.45) is 5.92 Å². The third-order valence-corrected chi connectivity index (χ3v) is 7.86. The number of nitrogens with zero attached hydrogens (tertiary/aromatic N) is 3. The molecule has 4 rings (SSSR count). The minimum absolute atomic E-state index is 0.190. The Labute approximate surface area is 207 Å². The Kier molecular flexibility index (Phi) is 8.85. The molecule has 0 spiro atoms. The number of hydrogen-bond acceptors (Lipinski definition) is 5. The monoisotopic (exact) mass is 477 g/mol. The van der Waals surface area contributed by atoms with Crippen molar-refractivity contribution in [2.75, 3.05) is 33.4 Å². The third-order valence-electron chi connectivity index (χ3n) is 6.86. The van der Waals surface area contributed by atoms with Crippen LogP contribution in [-0.4, -0.2) is 60.1 Å². The molecule has 3 heterocycles. The number of hydrogen-bond donors (Lipinski definition) is 0. The molecule has 0 N–H and O–H groups in total. The van der Waals surface area contributed by atoms with E-state index < -0.39 is 0 Å². The Bertz CT molecular complexity index is 1020. The Morgan fingerprint density at radius 3 is 2.56 bits per heavy atom. The number of rotatable bonds is 10. The number of ether oxygens (including phenoxy) is 1. The smallest absolute Gasteiger partial charge is 0.264 e. The van der Waals surface area contributed by atoms with Crippen molar-refractivity contribution in [1.82, 2.24) is 14.8 Å². The summed E-state index contributed by atoms with van der Waals surface area (Å²) >= 11 is 1.56. The molecule has 0 saturated carbocycles. The molecule has 6 heteroatoms. The topological polar surface area (TPSA) is 45.7 Å². The lowest BCUT2D eigenvalue weighted by atomic mass is 9.84. The number of thiophene rings is 1. The maximum absolute atomic E-state index is 13.1. The lowest BCUT2D eigenvalue weighted by Gasteiger charge is -2.41. The number of carbonyl (C=O) groups is 1. The molecule has 1 amide bonds. The fourth-order valence-electron chi connectivity index (χ4n) is 4.94. The van der Waals surface area contributed by atoms with E-state index in [1.165, 1.54) is 5.56 Å². The Hall–Kier alpha value is -2.54. The second kappa shape index (κ2) is 12.2. The van der Waals surface area contributed by atoms with Crippen molar-refractivity contribution in [2.45, 2.75) is 38.8 Å². The molecule has 1 aliphatic heterocycles. The third kappa shape index (κ3) is 6.32. The highest BCUT2D eigenvalue weighted by Crippen LogP contribution is 2.29. The molecular formula is C28H35N3O2S. The number of pyridine rings is 1. The molecule has 180 valence electrons. The molecule has 2 aromatic heterocycles. The van der Waals surface area contributed by atoms with E-state index in [2.05, 4.69) is 52.3 Å². The highest BCUT2D eigenvalue weighted by Gasteiger charge is 2.33. The minimum atomic E-state index is 0.190. The van der Waals surface area contributed by atoms with Crippen molar-refractivity contribution in [3.8, 4) is 0 Å². The van der Waals surface area contributed by atoms with Crippen LogP contribution in [0, 0.1) is 12.8 Å². The Balaban J connectivity index is 1.51. The van der Waals surface area contributed by atoms with Crippen LogP contribution in [0.5, 0.6) is 0 Å². The van der Waals surface area contributed by atoms with Crippen LogP contribution in [0.15, 0.2) is 66.2 Å². The van der Waals surface area contributed by atoms with E-state index in [9.17, 15) is 4.79 Å². The van der Waals surface area contributed by atoms with Crippen LogP contribution in [0.3, 0.4) is 0 Å². The van der Waals surface area contributed by atoms with Gasteiger partial charge in [-0.2, -0.15) is 0 Å². The molecule has 1 atom stereocenters. The molecular weight excluding hydrogens is 442 g/mol. The van der Waals surface area contributed by atoms with Gasteiger partial charge < -0.3 is 9.64 Å². The minimum Gasteiger partial charge on any atom is -0.383 e. The summed E-state index contributed by atoms with van der Waals surface area (Å²) in [7, 11) is 1.77. The van der Waals surface area contributed by atoms with Crippen molar-refractivity contribution in [3.63, 3.8) is 0 Å². The average Bonchev–Trinajstić information content (AvgIpc) is 3.32. The highest BCUT2D eigenvalue weighted by atomic mass is 32.1. The van der Waals surface area contributed by atoms with Crippen molar-refractivity contribution >= 4 is 17.2 Å². The van der Waals surface area contributed by atoms with E-state index in [0.29, 0.717) is 18.6 Å². The first-order chi connectivity index (χ1) is 16.7. The predicted molar refractivity (Wildman–Crippen MR) is 138 cm³/mol. The van der Waals surface area contributed by atoms with Crippen LogP contribution < -0.4 is 0 Å². The van der Waals surface area contributed by atoms with Gasteiger partial charge in [0.05, 0.1) is 17.2 Å². The van der Waals surface area contributed by atoms with Crippen LogP contribution in [0.1, 0.15) is 39.3 Å². The number of aryl methyl sites for hydroxylation is 1. The molecule has 3 aromatic rings. The molecule has 1 saturated heterocycles. The predicted octanol–water partition coefficient (Wildman–Crippen LogP) is 5.06. The van der Waals surface area contributed by atoms with E-state index in [1.54, 1.807) is 18.4 Å². The summed E-state index contributed by atoms with van der Waals surface area (Å²) in [5.74, 6) is 0.699. The van der Waals surface area contributed by atoms with Gasteiger partial charge in [-0.25, -0.2) is 0 Å². The first-order valence-corrected chi connectivity index (χ1v) is 13.0. The maximum Gasteiger partial charge on any atom is 0.264 e. The van der Waals surface area contributed by atoms with Gasteiger partial charge in [0.15, 0.2) is 0 Å². The number of methoxy groups -OCH3 is 1. The molecule has 0 unspecified atom stereocenters. The zero-order chi connectivity index (χ0) is 23.8. The molecule has 0 aliphatic carbocycles. The summed E-state index contributed by atoms with van der Waals surface area (Å²) in [5, 5.41) is 2.01. The first-order valence-electron chi connectivity index (χ1n) is 12.2. The normalized spacial score (nSPS) is 15.6. The lowest BCUT2D eigenvalue weighted by molar-refractivity contribution is 0.0484. The van der Waals surface area contributed by atoms with E-state index in [0.717, 1.165) is 61.6 Å². The summed E-state index contributed by atoms with van der Waals surface area (Å²) in [6.07, 6.45) is 4.88. The van der Waals surface area contributed by atoms with Crippen LogP contribution >= 0.6 is 11.3 Å². The van der Waals surface area contributed by atoms with Gasteiger partial charge in [-0.15, -0.1) is 11.3 Å². The quantitative estimate of drug-likeness (QED) is 0.409. The van der Waals surface area contributed by atoms with Gasteiger partial charge in [-0.1, -0.05) is 36.4 Å². The molecule has 1 fully saturated rings. The maximum atomic E-state index is 13.1. The second-order valence-electron chi connectivity index (χ2n) is 9.10. The van der Waals surface area contributed by atoms with E-state index in [4.69, 9.17) is 4.74 Å². The molecule has 34 heavy (non-hydrogen) atoms. The summed E-state index contributed by atoms with van der Waals surface area (Å²) < 4.78 is 5.48. The summed E-state index contributed by atoms with van der Waals surface area (Å²) in [6.45, 7) is 6.00. The number of amides is 1. The van der Waals surface area contributed by atoms with E-state index in [1.807, 2.05) is 35.5 Å². The largest absolute Gasteiger partial charge is 0.383 e. The van der Waals surface area contributed by atoms with Gasteiger partial charge in [0, 0.05) is 45.5 Å². The van der Waals surface area contributed by atoms with Gasteiger partial charge in [-0.05, 0) is 66.8 Å². The lowest BCUT2D eigenvalue weighted by Crippen LogP contribution is -2.48. The molecule has 0 bridgehead atoms. The fourth-order valence-corrected chi connectivity index (χ4v) is 5.83. The number of carbonyl (C=O) groups excluding carboxylic acids is 1. The second-order valence-corrected chi connectivity index (χ2v) is 10.0. The van der Waals surface area contributed by atoms with Crippen LogP contribution in [0.2, 0.25) is 0 Å². The van der Waals surface area contributed by atoms with Gasteiger partial charge in [0.25, 0.3) is 5.91 Å². The number of likely N-dealkylation sites (tertiary alicyclic amines) is 1. The Morgan fingerprint density at radius 1 is 1.15 bits per heavy atom.